The summed E-state index contributed by atoms with van der Waals surface area (Å²) in [4.78, 5) is 34.1. The monoisotopic (exact) mass is 393 g/mol. The molecule has 152 valence electrons. The lowest BCUT2D eigenvalue weighted by molar-refractivity contribution is -0.143. The molecule has 0 aromatic heterocycles. The zero-order valence-electron chi connectivity index (χ0n) is 15.6. The number of nitrogens with one attached hydrogen (secondary N) is 2. The number of carbonyl (C=O) groups is 3. The van der Waals surface area contributed by atoms with Crippen molar-refractivity contribution in [2.75, 3.05) is 18.6 Å². The SMILES string of the molecule is CSCC(N[C@H](C(=O)O)C(C)CN[C@@H](CC(C)C)C(=O)O)[C@H](N)C(=O)O. The number of rotatable bonds is 14. The number of carboxylic acids is 3. The molecule has 0 aliphatic carbocycles. The largest absolute Gasteiger partial charge is 0.480 e. The highest BCUT2D eigenvalue weighted by molar-refractivity contribution is 7.98. The van der Waals surface area contributed by atoms with Crippen LogP contribution in [0.1, 0.15) is 27.2 Å². The van der Waals surface area contributed by atoms with E-state index in [1.807, 2.05) is 13.8 Å². The molecule has 0 bridgehead atoms. The predicted molar refractivity (Wildman–Crippen MR) is 100 cm³/mol. The molecule has 0 aromatic carbocycles. The van der Waals surface area contributed by atoms with E-state index >= 15 is 0 Å². The maximum absolute atomic E-state index is 11.6. The van der Waals surface area contributed by atoms with Crippen LogP contribution < -0.4 is 16.4 Å². The molecule has 0 aliphatic heterocycles. The van der Waals surface area contributed by atoms with Crippen LogP contribution in [0.15, 0.2) is 0 Å². The van der Waals surface area contributed by atoms with Crippen LogP contribution in [0.4, 0.5) is 0 Å². The molecule has 0 radical (unpaired) electrons. The molecule has 0 saturated heterocycles. The summed E-state index contributed by atoms with van der Waals surface area (Å²) in [7, 11) is 0. The van der Waals surface area contributed by atoms with Gasteiger partial charge >= 0.3 is 17.9 Å². The normalized spacial score (nSPS) is 17.3. The van der Waals surface area contributed by atoms with E-state index in [0.717, 1.165) is 0 Å². The third-order valence-electron chi connectivity index (χ3n) is 3.99. The average molecular weight is 394 g/mol. The molecule has 26 heavy (non-hydrogen) atoms. The number of thioether (sulfide) groups is 1. The molecular weight excluding hydrogens is 362 g/mol. The molecule has 2 unspecified atom stereocenters. The van der Waals surface area contributed by atoms with Gasteiger partial charge in [0.1, 0.15) is 18.1 Å². The molecule has 0 heterocycles. The summed E-state index contributed by atoms with van der Waals surface area (Å²) in [6, 6.07) is -3.79. The van der Waals surface area contributed by atoms with Gasteiger partial charge in [-0.2, -0.15) is 11.8 Å². The standard InChI is InChI=1S/C16H31N3O6S/c1-8(2)5-10(14(20)21)18-6-9(3)13(16(24)25)19-11(7-26-4)12(17)15(22)23/h8-13,18-19H,5-7,17H2,1-4H3,(H,20,21)(H,22,23)(H,24,25)/t9?,10-,11?,12-,13-/m0/s1. The molecule has 5 atom stereocenters. The van der Waals surface area contributed by atoms with Crippen molar-refractivity contribution in [2.24, 2.45) is 17.6 Å². The van der Waals surface area contributed by atoms with Gasteiger partial charge in [0, 0.05) is 18.3 Å². The zero-order chi connectivity index (χ0) is 20.4. The fraction of sp³-hybridized carbons (Fsp3) is 0.812. The molecule has 0 aliphatic rings. The van der Waals surface area contributed by atoms with Gasteiger partial charge in [-0.15, -0.1) is 0 Å². The number of aliphatic carboxylic acids is 3. The van der Waals surface area contributed by atoms with E-state index in [1.54, 1.807) is 13.2 Å². The van der Waals surface area contributed by atoms with E-state index in [4.69, 9.17) is 10.8 Å². The van der Waals surface area contributed by atoms with Gasteiger partial charge < -0.3 is 26.4 Å². The van der Waals surface area contributed by atoms with Gasteiger partial charge in [-0.3, -0.25) is 19.7 Å². The Labute approximate surface area is 158 Å². The van der Waals surface area contributed by atoms with Gasteiger partial charge in [0.2, 0.25) is 0 Å². The van der Waals surface area contributed by atoms with Crippen LogP contribution in [0.5, 0.6) is 0 Å². The Morgan fingerprint density at radius 1 is 1.04 bits per heavy atom. The first kappa shape index (κ1) is 24.6. The summed E-state index contributed by atoms with van der Waals surface area (Å²) < 4.78 is 0. The van der Waals surface area contributed by atoms with Crippen molar-refractivity contribution in [3.63, 3.8) is 0 Å². The van der Waals surface area contributed by atoms with Crippen molar-refractivity contribution in [3.8, 4) is 0 Å². The Hall–Kier alpha value is -1.36. The summed E-state index contributed by atoms with van der Waals surface area (Å²) in [6.45, 7) is 5.63. The molecule has 10 heteroatoms. The summed E-state index contributed by atoms with van der Waals surface area (Å²) in [5.41, 5.74) is 5.65. The van der Waals surface area contributed by atoms with Gasteiger partial charge in [-0.05, 0) is 24.5 Å². The van der Waals surface area contributed by atoms with Gasteiger partial charge in [0.25, 0.3) is 0 Å². The number of nitrogens with two attached hydrogens (primary N) is 1. The molecule has 0 amide bonds. The minimum Gasteiger partial charge on any atom is -0.480 e. The smallest absolute Gasteiger partial charge is 0.322 e. The van der Waals surface area contributed by atoms with Crippen LogP contribution >= 0.6 is 11.8 Å². The van der Waals surface area contributed by atoms with Crippen molar-refractivity contribution in [1.29, 1.82) is 0 Å². The Kier molecular flexibility index (Phi) is 11.5. The van der Waals surface area contributed by atoms with E-state index in [1.165, 1.54) is 11.8 Å². The number of hydrogen-bond donors (Lipinski definition) is 6. The summed E-state index contributed by atoms with van der Waals surface area (Å²) >= 11 is 1.36. The highest BCUT2D eigenvalue weighted by Crippen LogP contribution is 2.10. The van der Waals surface area contributed by atoms with E-state index in [2.05, 4.69) is 10.6 Å². The third-order valence-corrected chi connectivity index (χ3v) is 4.68. The van der Waals surface area contributed by atoms with E-state index in [0.29, 0.717) is 12.2 Å². The predicted octanol–water partition coefficient (Wildman–Crippen LogP) is -0.102. The highest BCUT2D eigenvalue weighted by atomic mass is 32.2. The fourth-order valence-corrected chi connectivity index (χ4v) is 3.17. The average Bonchev–Trinajstić information content (AvgIpc) is 2.53. The van der Waals surface area contributed by atoms with Gasteiger partial charge in [-0.1, -0.05) is 20.8 Å². The molecule has 7 N–H and O–H groups in total. The lowest BCUT2D eigenvalue weighted by Crippen LogP contribution is -2.58. The second-order valence-electron chi connectivity index (χ2n) is 6.81. The molecule has 0 fully saturated rings. The summed E-state index contributed by atoms with van der Waals surface area (Å²) in [6.07, 6.45) is 2.19. The first-order valence-corrected chi connectivity index (χ1v) is 9.82. The van der Waals surface area contributed by atoms with Crippen LogP contribution in [-0.2, 0) is 14.4 Å². The molecular formula is C16H31N3O6S. The first-order valence-electron chi connectivity index (χ1n) is 8.43. The van der Waals surface area contributed by atoms with Crippen LogP contribution in [0, 0.1) is 11.8 Å². The Bertz CT molecular complexity index is 477. The second kappa shape index (κ2) is 12.1. The van der Waals surface area contributed by atoms with E-state index in [9.17, 15) is 24.6 Å². The minimum atomic E-state index is -1.24. The highest BCUT2D eigenvalue weighted by Gasteiger charge is 2.32. The Morgan fingerprint density at radius 3 is 2.00 bits per heavy atom. The quantitative estimate of drug-likeness (QED) is 0.235. The first-order chi connectivity index (χ1) is 12.0. The molecule has 0 saturated carbocycles. The van der Waals surface area contributed by atoms with E-state index in [-0.39, 0.29) is 12.5 Å². The molecule has 0 spiro atoms. The number of hydrogen-bond acceptors (Lipinski definition) is 7. The lowest BCUT2D eigenvalue weighted by Gasteiger charge is -2.29. The van der Waals surface area contributed by atoms with Gasteiger partial charge in [0.05, 0.1) is 0 Å². The summed E-state index contributed by atoms with van der Waals surface area (Å²) in [5.74, 6) is -3.31. The van der Waals surface area contributed by atoms with Crippen LogP contribution in [0.2, 0.25) is 0 Å². The Morgan fingerprint density at radius 2 is 1.62 bits per heavy atom. The second-order valence-corrected chi connectivity index (χ2v) is 7.73. The van der Waals surface area contributed by atoms with Crippen molar-refractivity contribution < 1.29 is 29.7 Å². The van der Waals surface area contributed by atoms with Crippen LogP contribution in [0.3, 0.4) is 0 Å². The van der Waals surface area contributed by atoms with Crippen molar-refractivity contribution in [3.05, 3.63) is 0 Å². The fourth-order valence-electron chi connectivity index (χ4n) is 2.51. The number of carboxylic acid groups (broad SMARTS) is 3. The van der Waals surface area contributed by atoms with Crippen LogP contribution in [0.25, 0.3) is 0 Å². The lowest BCUT2D eigenvalue weighted by atomic mass is 9.98. The molecule has 0 rings (SSSR count). The zero-order valence-corrected chi connectivity index (χ0v) is 16.5. The van der Waals surface area contributed by atoms with Gasteiger partial charge in [-0.25, -0.2) is 0 Å². The van der Waals surface area contributed by atoms with Gasteiger partial charge in [0.15, 0.2) is 0 Å². The maximum atomic E-state index is 11.6. The maximum Gasteiger partial charge on any atom is 0.322 e. The Balaban J connectivity index is 5.02. The molecule has 9 nitrogen and oxygen atoms in total. The topological polar surface area (TPSA) is 162 Å². The van der Waals surface area contributed by atoms with Crippen molar-refractivity contribution in [2.45, 2.75) is 51.4 Å². The van der Waals surface area contributed by atoms with Crippen molar-refractivity contribution in [1.82, 2.24) is 10.6 Å². The van der Waals surface area contributed by atoms with E-state index < -0.39 is 48.0 Å². The summed E-state index contributed by atoms with van der Waals surface area (Å²) in [5, 5.41) is 33.5. The van der Waals surface area contributed by atoms with Crippen LogP contribution in [-0.4, -0.2) is 75.9 Å². The minimum absolute atomic E-state index is 0.155. The van der Waals surface area contributed by atoms with Crippen molar-refractivity contribution >= 4 is 29.7 Å². The third kappa shape index (κ3) is 8.84. The molecule has 0 aromatic rings.